The minimum absolute atomic E-state index is 0.0178. The monoisotopic (exact) mass is 530 g/mol. The van der Waals surface area contributed by atoms with Crippen LogP contribution in [0.1, 0.15) is 0 Å². The number of carbonyl (C=O) groups excluding carboxylic acids is 1. The van der Waals surface area contributed by atoms with Gasteiger partial charge in [-0.15, -0.1) is 4.90 Å². The van der Waals surface area contributed by atoms with E-state index in [-0.39, 0.29) is 5.75 Å². The van der Waals surface area contributed by atoms with Gasteiger partial charge in [-0.1, -0.05) is 0 Å². The summed E-state index contributed by atoms with van der Waals surface area (Å²) in [5.41, 5.74) is -0.852. The summed E-state index contributed by atoms with van der Waals surface area (Å²) >= 11 is 0. The smallest absolute Gasteiger partial charge is 0.456 e. The predicted octanol–water partition coefficient (Wildman–Crippen LogP) is 5.20. The lowest BCUT2D eigenvalue weighted by Gasteiger charge is -2.54. The van der Waals surface area contributed by atoms with Gasteiger partial charge in [-0.05, 0) is 24.3 Å². The molecule has 1 aliphatic rings. The Morgan fingerprint density at radius 2 is 1.21 bits per heavy atom. The largest absolute Gasteiger partial charge is 0.497 e. The Morgan fingerprint density at radius 1 is 0.824 bits per heavy atom. The van der Waals surface area contributed by atoms with Crippen LogP contribution in [0.15, 0.2) is 24.3 Å². The molecule has 34 heavy (non-hydrogen) atoms. The standard InChI is InChI=1S/C15H8F14N2O3/c1-33-7-4-2-6(3-5-7)30-8(32)9(16,17)31-14(26,27)10(18,12(20,21)22)34-11(19,13(23,24)25)15(31,28)29/h2-5H,1H3,(H,30,32)/t10-,11-/m1/s1. The van der Waals surface area contributed by atoms with E-state index in [9.17, 15) is 66.3 Å². The number of nitrogens with one attached hydrogen (secondary N) is 1. The maximum Gasteiger partial charge on any atom is 0.456 e. The predicted molar refractivity (Wildman–Crippen MR) is 79.2 cm³/mol. The van der Waals surface area contributed by atoms with Crippen LogP contribution in [0.25, 0.3) is 0 Å². The number of carbonyl (C=O) groups is 1. The van der Waals surface area contributed by atoms with Gasteiger partial charge in [0.05, 0.1) is 7.11 Å². The van der Waals surface area contributed by atoms with Crippen molar-refractivity contribution in [1.82, 2.24) is 4.90 Å². The van der Waals surface area contributed by atoms with Crippen LogP contribution < -0.4 is 10.1 Å². The molecule has 1 aromatic rings. The summed E-state index contributed by atoms with van der Waals surface area (Å²) in [4.78, 5) is 7.97. The minimum Gasteiger partial charge on any atom is -0.497 e. The van der Waals surface area contributed by atoms with Crippen LogP contribution in [0, 0.1) is 0 Å². The topological polar surface area (TPSA) is 50.8 Å². The third kappa shape index (κ3) is 3.77. The molecule has 19 heteroatoms. The lowest BCUT2D eigenvalue weighted by molar-refractivity contribution is -0.592. The molecular formula is C15H8F14N2O3. The third-order valence-corrected chi connectivity index (χ3v) is 4.25. The summed E-state index contributed by atoms with van der Waals surface area (Å²) < 4.78 is 197. The van der Waals surface area contributed by atoms with Crippen molar-refractivity contribution in [3.63, 3.8) is 0 Å². The molecule has 1 amide bonds. The van der Waals surface area contributed by atoms with E-state index in [4.69, 9.17) is 0 Å². The first-order valence-electron chi connectivity index (χ1n) is 8.11. The van der Waals surface area contributed by atoms with Gasteiger partial charge in [-0.2, -0.15) is 61.5 Å². The van der Waals surface area contributed by atoms with Crippen LogP contribution in [0.2, 0.25) is 0 Å². The Hall–Kier alpha value is -2.57. The van der Waals surface area contributed by atoms with Gasteiger partial charge < -0.3 is 10.1 Å². The molecule has 0 aromatic heterocycles. The summed E-state index contributed by atoms with van der Waals surface area (Å²) in [6.45, 7) is 0. The molecule has 194 valence electrons. The molecule has 0 unspecified atom stereocenters. The van der Waals surface area contributed by atoms with Crippen molar-refractivity contribution in [2.45, 2.75) is 42.2 Å². The molecule has 2 atom stereocenters. The van der Waals surface area contributed by atoms with Crippen molar-refractivity contribution in [3.8, 4) is 5.75 Å². The maximum absolute atomic E-state index is 14.4. The van der Waals surface area contributed by atoms with E-state index in [2.05, 4.69) is 4.74 Å². The van der Waals surface area contributed by atoms with E-state index >= 15 is 0 Å². The van der Waals surface area contributed by atoms with Crippen LogP contribution in [0.4, 0.5) is 67.2 Å². The second-order valence-corrected chi connectivity index (χ2v) is 6.43. The first kappa shape index (κ1) is 27.7. The van der Waals surface area contributed by atoms with Gasteiger partial charge in [-0.25, -0.2) is 0 Å². The van der Waals surface area contributed by atoms with Crippen molar-refractivity contribution in [2.75, 3.05) is 12.4 Å². The van der Waals surface area contributed by atoms with Crippen molar-refractivity contribution in [2.24, 2.45) is 0 Å². The summed E-state index contributed by atoms with van der Waals surface area (Å²) in [5.74, 6) is -18.3. The summed E-state index contributed by atoms with van der Waals surface area (Å²) in [6.07, 6.45) is -15.0. The van der Waals surface area contributed by atoms with Crippen LogP contribution in [0.5, 0.6) is 5.75 Å². The molecule has 1 aliphatic heterocycles. The van der Waals surface area contributed by atoms with Crippen LogP contribution >= 0.6 is 0 Å². The molecule has 5 nitrogen and oxygen atoms in total. The number of rotatable bonds is 4. The zero-order chi connectivity index (χ0) is 26.8. The van der Waals surface area contributed by atoms with E-state index in [1.807, 2.05) is 4.74 Å². The molecule has 0 bridgehead atoms. The van der Waals surface area contributed by atoms with Gasteiger partial charge in [0.1, 0.15) is 5.75 Å². The number of methoxy groups -OCH3 is 1. The van der Waals surface area contributed by atoms with Crippen LogP contribution in [-0.2, 0) is 9.53 Å². The van der Waals surface area contributed by atoms with Gasteiger partial charge in [0.2, 0.25) is 0 Å². The lowest BCUT2D eigenvalue weighted by atomic mass is 10.0. The van der Waals surface area contributed by atoms with E-state index in [0.717, 1.165) is 24.6 Å². The van der Waals surface area contributed by atoms with Gasteiger partial charge >= 0.3 is 48.1 Å². The van der Waals surface area contributed by atoms with E-state index in [0.29, 0.717) is 12.1 Å². The fourth-order valence-corrected chi connectivity index (χ4v) is 2.57. The first-order chi connectivity index (χ1) is 15.0. The van der Waals surface area contributed by atoms with Crippen molar-refractivity contribution >= 4 is 11.6 Å². The minimum atomic E-state index is -7.50. The number of anilines is 1. The van der Waals surface area contributed by atoms with Crippen LogP contribution in [-0.4, -0.2) is 60.1 Å². The summed E-state index contributed by atoms with van der Waals surface area (Å²) in [7, 11) is 1.10. The van der Waals surface area contributed by atoms with Crippen molar-refractivity contribution in [1.29, 1.82) is 0 Å². The molecule has 2 rings (SSSR count). The number of hydrogen-bond acceptors (Lipinski definition) is 4. The number of ether oxygens (including phenoxy) is 2. The molecule has 1 heterocycles. The molecule has 1 aromatic carbocycles. The fraction of sp³-hybridized carbons (Fsp3) is 0.533. The van der Waals surface area contributed by atoms with E-state index in [1.165, 1.54) is 0 Å². The normalized spacial score (nSPS) is 27.9. The second kappa shape index (κ2) is 7.72. The van der Waals surface area contributed by atoms with Crippen molar-refractivity contribution in [3.05, 3.63) is 24.3 Å². The highest BCUT2D eigenvalue weighted by Gasteiger charge is 2.95. The molecule has 0 saturated carbocycles. The average Bonchev–Trinajstić information content (AvgIpc) is 2.64. The SMILES string of the molecule is COc1ccc(NC(=O)C(F)(F)N2C(F)(F)[C@@](F)(C(F)(F)F)O[C@](F)(C(F)(F)F)C2(F)F)cc1. The lowest BCUT2D eigenvalue weighted by Crippen LogP contribution is -2.85. The first-order valence-corrected chi connectivity index (χ1v) is 8.11. The number of hydrogen-bond donors (Lipinski definition) is 1. The highest BCUT2D eigenvalue weighted by molar-refractivity contribution is 5.95. The molecule has 1 saturated heterocycles. The Labute approximate surface area is 178 Å². The fourth-order valence-electron chi connectivity index (χ4n) is 2.57. The van der Waals surface area contributed by atoms with E-state index in [1.54, 1.807) is 0 Å². The summed E-state index contributed by atoms with van der Waals surface area (Å²) in [6, 6.07) is -18.7. The number of nitrogens with zero attached hydrogens (tertiary/aromatic N) is 1. The van der Waals surface area contributed by atoms with E-state index < -0.39 is 58.7 Å². The quantitative estimate of drug-likeness (QED) is 0.430. The number of benzene rings is 1. The molecular weight excluding hydrogens is 522 g/mol. The summed E-state index contributed by atoms with van der Waals surface area (Å²) in [5, 5.41) is 0.938. The molecule has 1 N–H and O–H groups in total. The Kier molecular flexibility index (Phi) is 6.28. The molecule has 0 aliphatic carbocycles. The van der Waals surface area contributed by atoms with Crippen molar-refractivity contribution < 1.29 is 75.7 Å². The van der Waals surface area contributed by atoms with Gasteiger partial charge in [0.15, 0.2) is 0 Å². The average molecular weight is 530 g/mol. The van der Waals surface area contributed by atoms with Gasteiger partial charge in [0, 0.05) is 5.69 Å². The Balaban J connectivity index is 2.70. The van der Waals surface area contributed by atoms with Crippen LogP contribution in [0.3, 0.4) is 0 Å². The molecule has 0 spiro atoms. The van der Waals surface area contributed by atoms with Gasteiger partial charge in [0.25, 0.3) is 0 Å². The second-order valence-electron chi connectivity index (χ2n) is 6.43. The molecule has 0 radical (unpaired) electrons. The Bertz CT molecular complexity index is 894. The number of halogens is 14. The highest BCUT2D eigenvalue weighted by Crippen LogP contribution is 2.64. The Morgan fingerprint density at radius 3 is 1.53 bits per heavy atom. The molecule has 1 fully saturated rings. The highest BCUT2D eigenvalue weighted by atomic mass is 19.4. The third-order valence-electron chi connectivity index (χ3n) is 4.25. The zero-order valence-electron chi connectivity index (χ0n) is 15.8. The number of alkyl halides is 14. The number of amides is 1. The number of morpholine rings is 1. The maximum atomic E-state index is 14.4. The zero-order valence-corrected chi connectivity index (χ0v) is 15.8. The van der Waals surface area contributed by atoms with Gasteiger partial charge in [-0.3, -0.25) is 9.53 Å².